The van der Waals surface area contributed by atoms with Crippen molar-refractivity contribution >= 4 is 17.3 Å². The van der Waals surface area contributed by atoms with Crippen LogP contribution in [0.5, 0.6) is 0 Å². The van der Waals surface area contributed by atoms with Crippen LogP contribution in [0.4, 0.5) is 11.4 Å². The van der Waals surface area contributed by atoms with Gasteiger partial charge in [0.2, 0.25) is 0 Å². The Kier molecular flexibility index (Phi) is 4.37. The quantitative estimate of drug-likeness (QED) is 0.770. The van der Waals surface area contributed by atoms with Crippen LogP contribution < -0.4 is 10.6 Å². The van der Waals surface area contributed by atoms with E-state index in [2.05, 4.69) is 18.7 Å². The molecule has 0 saturated heterocycles. The number of nitrogens with two attached hydrogens (primary N) is 1. The van der Waals surface area contributed by atoms with Crippen molar-refractivity contribution in [2.24, 2.45) is 0 Å². The third-order valence-electron chi connectivity index (χ3n) is 3.04. The highest BCUT2D eigenvalue weighted by molar-refractivity contribution is 5.79. The van der Waals surface area contributed by atoms with Gasteiger partial charge in [0.25, 0.3) is 0 Å². The van der Waals surface area contributed by atoms with E-state index < -0.39 is 11.9 Å². The second kappa shape index (κ2) is 5.57. The Labute approximate surface area is 102 Å². The molecule has 1 aromatic carbocycles. The molecule has 0 spiro atoms. The van der Waals surface area contributed by atoms with Crippen LogP contribution in [-0.2, 0) is 4.79 Å². The average Bonchev–Trinajstić information content (AvgIpc) is 2.31. The predicted molar refractivity (Wildman–Crippen MR) is 70.5 cm³/mol. The fraction of sp³-hybridized carbons (Fsp3) is 0.462. The van der Waals surface area contributed by atoms with Crippen molar-refractivity contribution in [2.75, 3.05) is 23.7 Å². The van der Waals surface area contributed by atoms with E-state index in [4.69, 9.17) is 10.8 Å². The van der Waals surface area contributed by atoms with Crippen LogP contribution in [0.15, 0.2) is 18.2 Å². The minimum absolute atomic E-state index is 0.538. The number of carboxylic acid groups (broad SMARTS) is 1. The largest absolute Gasteiger partial charge is 0.481 e. The molecule has 1 rings (SSSR count). The summed E-state index contributed by atoms with van der Waals surface area (Å²) in [6.45, 7) is 7.57. The van der Waals surface area contributed by atoms with Gasteiger partial charge in [0.1, 0.15) is 0 Å². The minimum Gasteiger partial charge on any atom is -0.481 e. The first-order valence-electron chi connectivity index (χ1n) is 5.88. The van der Waals surface area contributed by atoms with Crippen molar-refractivity contribution in [3.63, 3.8) is 0 Å². The number of hydrogen-bond acceptors (Lipinski definition) is 3. The Morgan fingerprint density at radius 2 is 2.00 bits per heavy atom. The molecule has 0 amide bonds. The number of nitrogen functional groups attached to an aromatic ring is 1. The van der Waals surface area contributed by atoms with E-state index in [1.807, 2.05) is 12.1 Å². The summed E-state index contributed by atoms with van der Waals surface area (Å²) < 4.78 is 0. The topological polar surface area (TPSA) is 66.6 Å². The Bertz CT molecular complexity index is 400. The Morgan fingerprint density at radius 1 is 1.41 bits per heavy atom. The summed E-state index contributed by atoms with van der Waals surface area (Å²) in [5.74, 6) is -1.43. The van der Waals surface area contributed by atoms with E-state index in [1.54, 1.807) is 13.0 Å². The number of rotatable bonds is 5. The number of carbonyl (C=O) groups is 1. The van der Waals surface area contributed by atoms with E-state index in [0.29, 0.717) is 11.3 Å². The summed E-state index contributed by atoms with van der Waals surface area (Å²) in [7, 11) is 0. The van der Waals surface area contributed by atoms with Crippen LogP contribution in [-0.4, -0.2) is 24.2 Å². The summed E-state index contributed by atoms with van der Waals surface area (Å²) in [6, 6.07) is 5.59. The van der Waals surface area contributed by atoms with Crippen molar-refractivity contribution in [1.29, 1.82) is 0 Å². The molecule has 0 aromatic heterocycles. The maximum absolute atomic E-state index is 11.0. The fourth-order valence-electron chi connectivity index (χ4n) is 1.86. The average molecular weight is 236 g/mol. The summed E-state index contributed by atoms with van der Waals surface area (Å²) in [4.78, 5) is 13.2. The van der Waals surface area contributed by atoms with Crippen LogP contribution >= 0.6 is 0 Å². The van der Waals surface area contributed by atoms with Gasteiger partial charge in [0, 0.05) is 24.5 Å². The van der Waals surface area contributed by atoms with Crippen molar-refractivity contribution in [3.8, 4) is 0 Å². The van der Waals surface area contributed by atoms with Gasteiger partial charge < -0.3 is 15.7 Å². The van der Waals surface area contributed by atoms with Gasteiger partial charge in [-0.05, 0) is 44.5 Å². The maximum atomic E-state index is 11.0. The molecule has 4 heteroatoms. The number of hydrogen-bond donors (Lipinski definition) is 2. The van der Waals surface area contributed by atoms with Gasteiger partial charge in [-0.3, -0.25) is 4.79 Å². The molecule has 0 aliphatic heterocycles. The Morgan fingerprint density at radius 3 is 2.47 bits per heavy atom. The molecule has 0 saturated carbocycles. The molecule has 3 N–H and O–H groups in total. The molecule has 94 valence electrons. The molecular formula is C13H20N2O2. The molecule has 0 radical (unpaired) electrons. The van der Waals surface area contributed by atoms with Gasteiger partial charge in [-0.15, -0.1) is 0 Å². The third kappa shape index (κ3) is 2.90. The number of carboxylic acids is 1. The molecule has 0 aliphatic rings. The zero-order chi connectivity index (χ0) is 13.0. The monoisotopic (exact) mass is 236 g/mol. The van der Waals surface area contributed by atoms with Crippen molar-refractivity contribution in [1.82, 2.24) is 0 Å². The molecule has 0 bridgehead atoms. The highest BCUT2D eigenvalue weighted by Crippen LogP contribution is 2.27. The van der Waals surface area contributed by atoms with E-state index in [9.17, 15) is 4.79 Å². The number of benzene rings is 1. The van der Waals surface area contributed by atoms with Gasteiger partial charge in [0.05, 0.1) is 5.92 Å². The predicted octanol–water partition coefficient (Wildman–Crippen LogP) is 2.30. The highest BCUT2D eigenvalue weighted by Gasteiger charge is 2.17. The lowest BCUT2D eigenvalue weighted by Gasteiger charge is -2.23. The number of nitrogens with zero attached hydrogens (tertiary/aromatic N) is 1. The summed E-state index contributed by atoms with van der Waals surface area (Å²) in [6.07, 6.45) is 0. The minimum atomic E-state index is -0.853. The van der Waals surface area contributed by atoms with Crippen LogP contribution in [0.3, 0.4) is 0 Å². The number of aliphatic carboxylic acids is 1. The molecule has 1 aromatic rings. The molecular weight excluding hydrogens is 216 g/mol. The third-order valence-corrected chi connectivity index (χ3v) is 3.04. The van der Waals surface area contributed by atoms with Gasteiger partial charge in [-0.25, -0.2) is 0 Å². The van der Waals surface area contributed by atoms with E-state index in [1.165, 1.54) is 0 Å². The normalized spacial score (nSPS) is 12.2. The lowest BCUT2D eigenvalue weighted by atomic mass is 9.98. The molecule has 0 heterocycles. The summed E-state index contributed by atoms with van der Waals surface area (Å²) in [5.41, 5.74) is 8.07. The summed E-state index contributed by atoms with van der Waals surface area (Å²) in [5, 5.41) is 9.03. The first-order chi connectivity index (χ1) is 8.01. The molecule has 0 aliphatic carbocycles. The lowest BCUT2D eigenvalue weighted by molar-refractivity contribution is -0.138. The Hall–Kier alpha value is -1.71. The van der Waals surface area contributed by atoms with E-state index in [0.717, 1.165) is 18.8 Å². The molecule has 4 nitrogen and oxygen atoms in total. The van der Waals surface area contributed by atoms with E-state index >= 15 is 0 Å². The zero-order valence-corrected chi connectivity index (χ0v) is 10.6. The smallest absolute Gasteiger partial charge is 0.310 e. The second-order valence-electron chi connectivity index (χ2n) is 4.05. The van der Waals surface area contributed by atoms with Crippen molar-refractivity contribution in [3.05, 3.63) is 23.8 Å². The van der Waals surface area contributed by atoms with Gasteiger partial charge in [-0.1, -0.05) is 0 Å². The number of anilines is 2. The van der Waals surface area contributed by atoms with Crippen LogP contribution in [0, 0.1) is 0 Å². The molecule has 0 fully saturated rings. The molecule has 1 atom stereocenters. The SMILES string of the molecule is CCN(CC)c1ccc(N)c(C(C)C(=O)O)c1. The lowest BCUT2D eigenvalue weighted by Crippen LogP contribution is -2.22. The maximum Gasteiger partial charge on any atom is 0.310 e. The first-order valence-corrected chi connectivity index (χ1v) is 5.88. The summed E-state index contributed by atoms with van der Waals surface area (Å²) >= 11 is 0. The van der Waals surface area contributed by atoms with Crippen LogP contribution in [0.25, 0.3) is 0 Å². The van der Waals surface area contributed by atoms with Gasteiger partial charge in [0.15, 0.2) is 0 Å². The highest BCUT2D eigenvalue weighted by atomic mass is 16.4. The van der Waals surface area contributed by atoms with E-state index in [-0.39, 0.29) is 0 Å². The standard InChI is InChI=1S/C13H20N2O2/c1-4-15(5-2)10-6-7-12(14)11(8-10)9(3)13(16)17/h6-9H,4-5,14H2,1-3H3,(H,16,17). The fourth-order valence-corrected chi connectivity index (χ4v) is 1.86. The van der Waals surface area contributed by atoms with Crippen molar-refractivity contribution in [2.45, 2.75) is 26.7 Å². The molecule has 17 heavy (non-hydrogen) atoms. The zero-order valence-electron chi connectivity index (χ0n) is 10.6. The Balaban J connectivity index is 3.14. The van der Waals surface area contributed by atoms with Crippen LogP contribution in [0.1, 0.15) is 32.3 Å². The van der Waals surface area contributed by atoms with Gasteiger partial charge in [-0.2, -0.15) is 0 Å². The first kappa shape index (κ1) is 13.4. The van der Waals surface area contributed by atoms with Crippen molar-refractivity contribution < 1.29 is 9.90 Å². The molecule has 1 unspecified atom stereocenters. The second-order valence-corrected chi connectivity index (χ2v) is 4.05. The van der Waals surface area contributed by atoms with Crippen LogP contribution in [0.2, 0.25) is 0 Å². The van der Waals surface area contributed by atoms with Gasteiger partial charge >= 0.3 is 5.97 Å².